The molecule has 0 spiro atoms. The van der Waals surface area contributed by atoms with Crippen LogP contribution in [0.4, 0.5) is 17.2 Å². The molecule has 3 fully saturated rings. The van der Waals surface area contributed by atoms with Gasteiger partial charge in [-0.1, -0.05) is 6.58 Å². The Kier molecular flexibility index (Phi) is 6.44. The van der Waals surface area contributed by atoms with Crippen LogP contribution < -0.4 is 9.80 Å². The largest absolute Gasteiger partial charge is 0.396 e. The van der Waals surface area contributed by atoms with E-state index in [2.05, 4.69) is 27.4 Å². The molecule has 0 aromatic carbocycles. The monoisotopic (exact) mass is 472 g/mol. The van der Waals surface area contributed by atoms with E-state index in [-0.39, 0.29) is 25.0 Å². The van der Waals surface area contributed by atoms with Crippen molar-refractivity contribution in [1.82, 2.24) is 14.9 Å². The molecule has 0 radical (unpaired) electrons. The van der Waals surface area contributed by atoms with Gasteiger partial charge in [-0.25, -0.2) is 4.98 Å². The highest BCUT2D eigenvalue weighted by atomic mass is 16.3. The Morgan fingerprint density at radius 2 is 2.11 bits per heavy atom. The predicted molar refractivity (Wildman–Crippen MR) is 135 cm³/mol. The Hall–Kier alpha value is -3.44. The van der Waals surface area contributed by atoms with Crippen LogP contribution in [0.1, 0.15) is 55.0 Å². The van der Waals surface area contributed by atoms with E-state index in [1.807, 2.05) is 30.1 Å². The van der Waals surface area contributed by atoms with Crippen LogP contribution in [0.2, 0.25) is 0 Å². The molecule has 1 amide bonds. The summed E-state index contributed by atoms with van der Waals surface area (Å²) in [4.78, 5) is 28.3. The Balaban J connectivity index is 1.47. The van der Waals surface area contributed by atoms with Crippen LogP contribution in [0.5, 0.6) is 0 Å². The van der Waals surface area contributed by atoms with Gasteiger partial charge in [0.2, 0.25) is 5.91 Å². The normalized spacial score (nSPS) is 19.9. The minimum Gasteiger partial charge on any atom is -0.396 e. The van der Waals surface area contributed by atoms with E-state index >= 15 is 0 Å². The molecular weight excluding hydrogens is 440 g/mol. The Morgan fingerprint density at radius 1 is 1.31 bits per heavy atom. The molecule has 5 rings (SSSR count). The van der Waals surface area contributed by atoms with Crippen LogP contribution in [0.3, 0.4) is 0 Å². The highest BCUT2D eigenvalue weighted by Crippen LogP contribution is 2.46. The number of amides is 1. The molecule has 2 aromatic rings. The molecule has 1 N–H and O–H groups in total. The van der Waals surface area contributed by atoms with E-state index in [0.29, 0.717) is 37.0 Å². The fraction of sp³-hybridized carbons (Fsp3) is 0.481. The minimum absolute atomic E-state index is 0.0180. The lowest BCUT2D eigenvalue weighted by molar-refractivity contribution is -0.135. The van der Waals surface area contributed by atoms with Gasteiger partial charge in [0.05, 0.1) is 35.3 Å². The molecule has 2 aliphatic carbocycles. The van der Waals surface area contributed by atoms with Gasteiger partial charge < -0.3 is 19.8 Å². The number of carbonyl (C=O) groups excluding carboxylic acids is 1. The van der Waals surface area contributed by atoms with Crippen molar-refractivity contribution in [3.05, 3.63) is 47.9 Å². The van der Waals surface area contributed by atoms with Gasteiger partial charge in [-0.05, 0) is 55.9 Å². The fourth-order valence-electron chi connectivity index (χ4n) is 5.09. The molecule has 1 atom stereocenters. The molecule has 182 valence electrons. The maximum atomic E-state index is 12.6. The summed E-state index contributed by atoms with van der Waals surface area (Å²) < 4.78 is 0. The molecule has 3 aliphatic rings. The number of aliphatic hydroxyl groups is 1. The fourth-order valence-corrected chi connectivity index (χ4v) is 5.09. The van der Waals surface area contributed by atoms with Crippen molar-refractivity contribution in [3.63, 3.8) is 0 Å². The summed E-state index contributed by atoms with van der Waals surface area (Å²) in [7, 11) is 2.00. The van der Waals surface area contributed by atoms with E-state index in [1.165, 1.54) is 0 Å². The summed E-state index contributed by atoms with van der Waals surface area (Å²) in [5.41, 5.74) is 4.30. The Morgan fingerprint density at radius 3 is 2.77 bits per heavy atom. The molecule has 0 bridgehead atoms. The lowest BCUT2D eigenvalue weighted by Gasteiger charge is -2.42. The Labute approximate surface area is 206 Å². The second-order valence-electron chi connectivity index (χ2n) is 9.76. The first-order valence-corrected chi connectivity index (χ1v) is 12.5. The van der Waals surface area contributed by atoms with Crippen molar-refractivity contribution in [1.29, 1.82) is 5.26 Å². The first-order valence-electron chi connectivity index (χ1n) is 12.5. The highest BCUT2D eigenvalue weighted by molar-refractivity contribution is 5.77. The van der Waals surface area contributed by atoms with Crippen molar-refractivity contribution < 1.29 is 9.90 Å². The van der Waals surface area contributed by atoms with E-state index in [9.17, 15) is 15.2 Å². The number of hydrogen-bond acceptors (Lipinski definition) is 7. The van der Waals surface area contributed by atoms with Crippen LogP contribution in [-0.2, 0) is 4.79 Å². The second-order valence-corrected chi connectivity index (χ2v) is 9.76. The Bertz CT molecular complexity index is 1170. The number of piperazine rings is 1. The van der Waals surface area contributed by atoms with Crippen molar-refractivity contribution in [2.24, 2.45) is 5.92 Å². The van der Waals surface area contributed by atoms with Crippen LogP contribution in [0.25, 0.3) is 6.08 Å². The number of nitriles is 1. The topological polar surface area (TPSA) is 96.6 Å². The number of carbonyl (C=O) groups is 1. The second kappa shape index (κ2) is 9.67. The van der Waals surface area contributed by atoms with Crippen molar-refractivity contribution in [3.8, 4) is 6.07 Å². The number of nitrogens with zero attached hydrogens (tertiary/aromatic N) is 6. The highest BCUT2D eigenvalue weighted by Gasteiger charge is 2.41. The smallest absolute Gasteiger partial charge is 0.225 e. The summed E-state index contributed by atoms with van der Waals surface area (Å²) in [6.07, 6.45) is 8.10. The summed E-state index contributed by atoms with van der Waals surface area (Å²) >= 11 is 0. The van der Waals surface area contributed by atoms with Crippen LogP contribution in [-0.4, -0.2) is 65.2 Å². The lowest BCUT2D eigenvalue weighted by atomic mass is 10.0. The molecule has 0 unspecified atom stereocenters. The number of rotatable bonds is 8. The average Bonchev–Trinajstić information content (AvgIpc) is 3.80. The first kappa shape index (κ1) is 23.3. The SMILES string of the molecule is C=Cc1cc(N(C)c2cc(C#N)c(N3CCN(C(=O)CCO)[C@H](C4CC4)C3)nc2C2CC2)ccn1. The standard InChI is InChI=1S/C27H32N6O2/c1-3-21-15-22(8-10-29-21)31(2)23-14-20(16-28)27(30-26(23)19-6-7-19)32-11-12-33(25(35)9-13-34)24(17-32)18-4-5-18/h3,8,10,14-15,18-19,24,34H,1,4-7,9,11-13,17H2,2H3/t24-/m0/s1. The van der Waals surface area contributed by atoms with E-state index in [0.717, 1.165) is 54.3 Å². The number of pyridine rings is 2. The van der Waals surface area contributed by atoms with Crippen LogP contribution >= 0.6 is 0 Å². The van der Waals surface area contributed by atoms with Gasteiger partial charge in [0.15, 0.2) is 0 Å². The van der Waals surface area contributed by atoms with Gasteiger partial charge in [0.1, 0.15) is 11.9 Å². The van der Waals surface area contributed by atoms with E-state index in [1.54, 1.807) is 12.3 Å². The molecule has 3 heterocycles. The molecular formula is C27H32N6O2. The molecule has 8 nitrogen and oxygen atoms in total. The predicted octanol–water partition coefficient (Wildman–Crippen LogP) is 3.45. The van der Waals surface area contributed by atoms with Gasteiger partial charge in [-0.3, -0.25) is 9.78 Å². The number of aromatic nitrogens is 2. The lowest BCUT2D eigenvalue weighted by Crippen LogP contribution is -2.56. The third-order valence-electron chi connectivity index (χ3n) is 7.35. The zero-order valence-corrected chi connectivity index (χ0v) is 20.2. The third kappa shape index (κ3) is 4.73. The van der Waals surface area contributed by atoms with E-state index < -0.39 is 0 Å². The van der Waals surface area contributed by atoms with Crippen LogP contribution in [0, 0.1) is 17.2 Å². The molecule has 8 heteroatoms. The molecule has 1 saturated heterocycles. The quantitative estimate of drug-likeness (QED) is 0.629. The maximum absolute atomic E-state index is 12.6. The molecule has 2 aromatic heterocycles. The van der Waals surface area contributed by atoms with Crippen LogP contribution in [0.15, 0.2) is 31.0 Å². The first-order chi connectivity index (χ1) is 17.0. The average molecular weight is 473 g/mol. The minimum atomic E-state index is -0.123. The van der Waals surface area contributed by atoms with E-state index in [4.69, 9.17) is 4.98 Å². The summed E-state index contributed by atoms with van der Waals surface area (Å²) in [5.74, 6) is 1.63. The van der Waals surface area contributed by atoms with Crippen molar-refractivity contribution in [2.45, 2.75) is 44.1 Å². The van der Waals surface area contributed by atoms with Crippen molar-refractivity contribution >= 4 is 29.2 Å². The summed E-state index contributed by atoms with van der Waals surface area (Å²) in [5, 5.41) is 19.4. The third-order valence-corrected chi connectivity index (χ3v) is 7.35. The van der Waals surface area contributed by atoms with Gasteiger partial charge in [-0.15, -0.1) is 0 Å². The van der Waals surface area contributed by atoms with Gasteiger partial charge in [0.25, 0.3) is 0 Å². The van der Waals surface area contributed by atoms with Gasteiger partial charge in [-0.2, -0.15) is 5.26 Å². The van der Waals surface area contributed by atoms with Gasteiger partial charge in [0, 0.05) is 50.9 Å². The van der Waals surface area contributed by atoms with Crippen molar-refractivity contribution in [2.75, 3.05) is 43.1 Å². The summed E-state index contributed by atoms with van der Waals surface area (Å²) in [6, 6.07) is 8.40. The summed E-state index contributed by atoms with van der Waals surface area (Å²) in [6.45, 7) is 5.60. The maximum Gasteiger partial charge on any atom is 0.225 e. The molecule has 1 aliphatic heterocycles. The molecule has 35 heavy (non-hydrogen) atoms. The number of anilines is 3. The number of aliphatic hydroxyl groups excluding tert-OH is 1. The van der Waals surface area contributed by atoms with Gasteiger partial charge >= 0.3 is 0 Å². The molecule has 2 saturated carbocycles. The zero-order chi connectivity index (χ0) is 24.5. The zero-order valence-electron chi connectivity index (χ0n) is 20.2. The number of hydrogen-bond donors (Lipinski definition) is 1.